The fourth-order valence-corrected chi connectivity index (χ4v) is 2.42. The van der Waals surface area contributed by atoms with E-state index in [0.717, 1.165) is 12.8 Å². The summed E-state index contributed by atoms with van der Waals surface area (Å²) in [5, 5.41) is 0.269. The van der Waals surface area contributed by atoms with Gasteiger partial charge in [0.05, 0.1) is 0 Å². The Morgan fingerprint density at radius 1 is 1.27 bits per heavy atom. The zero-order chi connectivity index (χ0) is 11.5. The first-order valence-electron chi connectivity index (χ1n) is 5.64. The molecule has 0 N–H and O–H groups in total. The SMILES string of the molecule is CC(C)(C)[Si](C)(C)OC1C#CCC=CC1. The lowest BCUT2D eigenvalue weighted by atomic mass is 10.2. The van der Waals surface area contributed by atoms with Gasteiger partial charge in [-0.15, -0.1) is 0 Å². The molecule has 0 aromatic carbocycles. The van der Waals surface area contributed by atoms with Gasteiger partial charge in [0, 0.05) is 12.8 Å². The molecule has 1 aliphatic rings. The molecule has 0 saturated heterocycles. The molecule has 0 bridgehead atoms. The molecule has 1 atom stereocenters. The average Bonchev–Trinajstić information content (AvgIpc) is 2.30. The minimum atomic E-state index is -1.65. The van der Waals surface area contributed by atoms with Crippen LogP contribution in [0.3, 0.4) is 0 Å². The Hall–Kier alpha value is -0.523. The highest BCUT2D eigenvalue weighted by Gasteiger charge is 2.38. The average molecular weight is 222 g/mol. The van der Waals surface area contributed by atoms with Crippen molar-refractivity contribution in [1.29, 1.82) is 0 Å². The van der Waals surface area contributed by atoms with Crippen LogP contribution >= 0.6 is 0 Å². The molecule has 0 aliphatic heterocycles. The van der Waals surface area contributed by atoms with Crippen LogP contribution in [0.25, 0.3) is 0 Å². The normalized spacial score (nSPS) is 21.8. The van der Waals surface area contributed by atoms with Crippen LogP contribution in [0.1, 0.15) is 33.6 Å². The third-order valence-corrected chi connectivity index (χ3v) is 7.73. The summed E-state index contributed by atoms with van der Waals surface area (Å²) in [6.45, 7) is 11.4. The maximum absolute atomic E-state index is 6.24. The second kappa shape index (κ2) is 4.55. The van der Waals surface area contributed by atoms with E-state index in [-0.39, 0.29) is 11.1 Å². The van der Waals surface area contributed by atoms with Gasteiger partial charge >= 0.3 is 0 Å². The zero-order valence-electron chi connectivity index (χ0n) is 10.6. The largest absolute Gasteiger partial charge is 0.403 e. The van der Waals surface area contributed by atoms with Crippen molar-refractivity contribution in [3.05, 3.63) is 12.2 Å². The Balaban J connectivity index is 2.67. The molecule has 0 fully saturated rings. The molecule has 15 heavy (non-hydrogen) atoms. The molecule has 0 amide bonds. The van der Waals surface area contributed by atoms with Crippen LogP contribution in [0, 0.1) is 11.8 Å². The zero-order valence-corrected chi connectivity index (χ0v) is 11.6. The summed E-state index contributed by atoms with van der Waals surface area (Å²) in [7, 11) is -1.65. The molecule has 0 saturated carbocycles. The molecule has 0 aromatic rings. The molecule has 2 heteroatoms. The summed E-state index contributed by atoms with van der Waals surface area (Å²) >= 11 is 0. The molecule has 0 radical (unpaired) electrons. The Bertz CT molecular complexity index is 299. The van der Waals surface area contributed by atoms with Crippen LogP contribution in [0.2, 0.25) is 18.1 Å². The minimum Gasteiger partial charge on any atom is -0.403 e. The molecular weight excluding hydrogens is 200 g/mol. The van der Waals surface area contributed by atoms with Gasteiger partial charge in [-0.05, 0) is 18.1 Å². The van der Waals surface area contributed by atoms with Crippen molar-refractivity contribution >= 4 is 8.32 Å². The first kappa shape index (κ1) is 12.5. The van der Waals surface area contributed by atoms with Gasteiger partial charge < -0.3 is 4.43 Å². The van der Waals surface area contributed by atoms with E-state index in [1.165, 1.54) is 0 Å². The number of hydrogen-bond donors (Lipinski definition) is 0. The van der Waals surface area contributed by atoms with Crippen molar-refractivity contribution in [1.82, 2.24) is 0 Å². The van der Waals surface area contributed by atoms with Crippen LogP contribution in [-0.4, -0.2) is 14.4 Å². The summed E-state index contributed by atoms with van der Waals surface area (Å²) in [5.41, 5.74) is 0. The van der Waals surface area contributed by atoms with E-state index in [0.29, 0.717) is 0 Å². The molecular formula is C13H22OSi. The molecule has 0 aromatic heterocycles. The van der Waals surface area contributed by atoms with Crippen LogP contribution in [0.5, 0.6) is 0 Å². The molecule has 84 valence electrons. The van der Waals surface area contributed by atoms with Crippen molar-refractivity contribution in [3.8, 4) is 11.8 Å². The van der Waals surface area contributed by atoms with E-state index < -0.39 is 8.32 Å². The second-order valence-electron chi connectivity index (χ2n) is 5.60. The summed E-state index contributed by atoms with van der Waals surface area (Å²) in [5.74, 6) is 6.34. The van der Waals surface area contributed by atoms with Gasteiger partial charge in [0.25, 0.3) is 0 Å². The quantitative estimate of drug-likeness (QED) is 0.393. The molecule has 1 nitrogen and oxygen atoms in total. The predicted octanol–water partition coefficient (Wildman–Crippen LogP) is 3.73. The second-order valence-corrected chi connectivity index (χ2v) is 10.4. The van der Waals surface area contributed by atoms with Crippen molar-refractivity contribution < 1.29 is 4.43 Å². The predicted molar refractivity (Wildman–Crippen MR) is 68.2 cm³/mol. The van der Waals surface area contributed by atoms with Crippen molar-refractivity contribution in [2.75, 3.05) is 0 Å². The number of rotatable bonds is 2. The summed E-state index contributed by atoms with van der Waals surface area (Å²) < 4.78 is 6.24. The fraction of sp³-hybridized carbons (Fsp3) is 0.692. The van der Waals surface area contributed by atoms with Crippen molar-refractivity contribution in [2.24, 2.45) is 0 Å². The lowest BCUT2D eigenvalue weighted by molar-refractivity contribution is 0.236. The highest BCUT2D eigenvalue weighted by atomic mass is 28.4. The van der Waals surface area contributed by atoms with Gasteiger partial charge in [-0.3, -0.25) is 0 Å². The maximum Gasteiger partial charge on any atom is 0.193 e. The van der Waals surface area contributed by atoms with Gasteiger partial charge in [-0.2, -0.15) is 0 Å². The van der Waals surface area contributed by atoms with Crippen LogP contribution < -0.4 is 0 Å². The van der Waals surface area contributed by atoms with Crippen molar-refractivity contribution in [2.45, 2.75) is 57.8 Å². The molecule has 1 aliphatic carbocycles. The first-order valence-corrected chi connectivity index (χ1v) is 8.55. The van der Waals surface area contributed by atoms with Gasteiger partial charge in [-0.1, -0.05) is 44.8 Å². The van der Waals surface area contributed by atoms with E-state index in [4.69, 9.17) is 4.43 Å². The van der Waals surface area contributed by atoms with Gasteiger partial charge in [0.15, 0.2) is 8.32 Å². The van der Waals surface area contributed by atoms with Crippen molar-refractivity contribution in [3.63, 3.8) is 0 Å². The minimum absolute atomic E-state index is 0.115. The molecule has 0 spiro atoms. The Kier molecular flexibility index (Phi) is 3.80. The number of hydrogen-bond acceptors (Lipinski definition) is 1. The van der Waals surface area contributed by atoms with Gasteiger partial charge in [0.1, 0.15) is 6.10 Å². The monoisotopic (exact) mass is 222 g/mol. The van der Waals surface area contributed by atoms with E-state index in [1.807, 2.05) is 0 Å². The number of allylic oxidation sites excluding steroid dienone is 1. The van der Waals surface area contributed by atoms with Crippen LogP contribution in [0.15, 0.2) is 12.2 Å². The lowest BCUT2D eigenvalue weighted by Gasteiger charge is -2.37. The van der Waals surface area contributed by atoms with Crippen LogP contribution in [0.4, 0.5) is 0 Å². The maximum atomic E-state index is 6.24. The smallest absolute Gasteiger partial charge is 0.193 e. The highest BCUT2D eigenvalue weighted by molar-refractivity contribution is 6.74. The summed E-state index contributed by atoms with van der Waals surface area (Å²) in [6.07, 6.45) is 6.23. The van der Waals surface area contributed by atoms with Gasteiger partial charge in [0.2, 0.25) is 0 Å². The van der Waals surface area contributed by atoms with Crippen LogP contribution in [-0.2, 0) is 4.43 Å². The lowest BCUT2D eigenvalue weighted by Crippen LogP contribution is -2.43. The first-order chi connectivity index (χ1) is 6.83. The molecule has 1 unspecified atom stereocenters. The van der Waals surface area contributed by atoms with E-state index in [1.54, 1.807) is 0 Å². The summed E-state index contributed by atoms with van der Waals surface area (Å²) in [6, 6.07) is 0. The molecule has 0 heterocycles. The molecule has 1 rings (SSSR count). The Morgan fingerprint density at radius 3 is 2.53 bits per heavy atom. The highest BCUT2D eigenvalue weighted by Crippen LogP contribution is 2.37. The van der Waals surface area contributed by atoms with E-state index in [9.17, 15) is 0 Å². The third kappa shape index (κ3) is 3.51. The summed E-state index contributed by atoms with van der Waals surface area (Å²) in [4.78, 5) is 0. The third-order valence-electron chi connectivity index (χ3n) is 3.24. The van der Waals surface area contributed by atoms with E-state index >= 15 is 0 Å². The Labute approximate surface area is 95.0 Å². The topological polar surface area (TPSA) is 9.23 Å². The fourth-order valence-electron chi connectivity index (χ4n) is 1.20. The Morgan fingerprint density at radius 2 is 1.93 bits per heavy atom. The van der Waals surface area contributed by atoms with E-state index in [2.05, 4.69) is 57.9 Å². The van der Waals surface area contributed by atoms with Gasteiger partial charge in [-0.25, -0.2) is 0 Å². The standard InChI is InChI=1S/C13H22OSi/c1-13(2,3)15(4,5)14-12-10-8-6-7-9-11-12/h6,8,12H,7,10H2,1-5H3.